The van der Waals surface area contributed by atoms with Crippen molar-refractivity contribution in [3.63, 3.8) is 0 Å². The molecule has 0 fully saturated rings. The Balaban J connectivity index is 2.74. The zero-order valence-electron chi connectivity index (χ0n) is 11.3. The van der Waals surface area contributed by atoms with Gasteiger partial charge in [0.2, 0.25) is 0 Å². The highest BCUT2D eigenvalue weighted by molar-refractivity contribution is 5.09. The summed E-state index contributed by atoms with van der Waals surface area (Å²) in [5, 5.41) is 0. The fourth-order valence-electron chi connectivity index (χ4n) is 1.97. The molecule has 0 atom stereocenters. The Bertz CT molecular complexity index is 300. The van der Waals surface area contributed by atoms with E-state index in [2.05, 4.69) is 52.0 Å². The molecule has 1 aliphatic carbocycles. The highest BCUT2D eigenvalue weighted by Crippen LogP contribution is 2.25. The van der Waals surface area contributed by atoms with Crippen LogP contribution in [-0.2, 0) is 0 Å². The molecular formula is C16H26. The molecule has 0 nitrogen and oxygen atoms in total. The van der Waals surface area contributed by atoms with Gasteiger partial charge in [-0.25, -0.2) is 0 Å². The van der Waals surface area contributed by atoms with E-state index in [1.54, 1.807) is 0 Å². The summed E-state index contributed by atoms with van der Waals surface area (Å²) < 4.78 is 0. The van der Waals surface area contributed by atoms with Crippen molar-refractivity contribution in [2.75, 3.05) is 0 Å². The molecule has 0 saturated carbocycles. The molecule has 16 heavy (non-hydrogen) atoms. The molecule has 0 unspecified atom stereocenters. The topological polar surface area (TPSA) is 0 Å². The first-order chi connectivity index (χ1) is 7.49. The van der Waals surface area contributed by atoms with Gasteiger partial charge < -0.3 is 0 Å². The Hall–Kier alpha value is -0.780. The molecule has 0 heterocycles. The number of allylic oxidation sites excluding steroid dienone is 6. The summed E-state index contributed by atoms with van der Waals surface area (Å²) in [7, 11) is 0. The molecule has 1 aliphatic rings. The summed E-state index contributed by atoms with van der Waals surface area (Å²) in [6.45, 7) is 9.15. The van der Waals surface area contributed by atoms with E-state index in [4.69, 9.17) is 0 Å². The summed E-state index contributed by atoms with van der Waals surface area (Å²) in [5.41, 5.74) is 3.39. The van der Waals surface area contributed by atoms with Crippen molar-refractivity contribution in [1.29, 1.82) is 0 Å². The van der Waals surface area contributed by atoms with Crippen LogP contribution in [0.25, 0.3) is 0 Å². The smallest absolute Gasteiger partial charge is 0.0140 e. The molecule has 0 radical (unpaired) electrons. The van der Waals surface area contributed by atoms with Gasteiger partial charge in [0.1, 0.15) is 0 Å². The van der Waals surface area contributed by atoms with Gasteiger partial charge in [-0.1, -0.05) is 49.3 Å². The van der Waals surface area contributed by atoms with Gasteiger partial charge in [-0.05, 0) is 51.4 Å². The molecule has 0 aliphatic heterocycles. The molecule has 0 heteroatoms. The van der Waals surface area contributed by atoms with Crippen LogP contribution in [-0.4, -0.2) is 0 Å². The molecule has 0 aromatic rings. The molecule has 0 aromatic carbocycles. The van der Waals surface area contributed by atoms with E-state index in [0.717, 1.165) is 6.42 Å². The van der Waals surface area contributed by atoms with Crippen molar-refractivity contribution in [2.24, 2.45) is 5.41 Å². The Labute approximate surface area is 101 Å². The van der Waals surface area contributed by atoms with Crippen LogP contribution in [0.1, 0.15) is 59.8 Å². The van der Waals surface area contributed by atoms with Crippen LogP contribution in [0.3, 0.4) is 0 Å². The predicted molar refractivity (Wildman–Crippen MR) is 73.5 cm³/mol. The zero-order chi connectivity index (χ0) is 12.0. The monoisotopic (exact) mass is 218 g/mol. The van der Waals surface area contributed by atoms with Gasteiger partial charge in [0.05, 0.1) is 0 Å². The van der Waals surface area contributed by atoms with E-state index in [0.29, 0.717) is 5.41 Å². The summed E-state index contributed by atoms with van der Waals surface area (Å²) in [6.07, 6.45) is 15.5. The maximum absolute atomic E-state index is 2.41. The van der Waals surface area contributed by atoms with Crippen LogP contribution in [0.5, 0.6) is 0 Å². The maximum Gasteiger partial charge on any atom is -0.0140 e. The highest BCUT2D eigenvalue weighted by Gasteiger charge is 2.11. The van der Waals surface area contributed by atoms with Crippen LogP contribution >= 0.6 is 0 Å². The first-order valence-electron chi connectivity index (χ1n) is 6.48. The predicted octanol–water partition coefficient (Wildman–Crippen LogP) is 5.43. The van der Waals surface area contributed by atoms with Gasteiger partial charge in [-0.3, -0.25) is 0 Å². The van der Waals surface area contributed by atoms with Gasteiger partial charge in [0, 0.05) is 0 Å². The molecule has 0 N–H and O–H groups in total. The summed E-state index contributed by atoms with van der Waals surface area (Å²) in [4.78, 5) is 0. The van der Waals surface area contributed by atoms with E-state index in [1.807, 2.05) is 0 Å². The zero-order valence-corrected chi connectivity index (χ0v) is 11.3. The van der Waals surface area contributed by atoms with E-state index >= 15 is 0 Å². The first-order valence-corrected chi connectivity index (χ1v) is 6.48. The average Bonchev–Trinajstić information content (AvgIpc) is 2.21. The second-order valence-corrected chi connectivity index (χ2v) is 5.77. The van der Waals surface area contributed by atoms with Crippen LogP contribution in [0.4, 0.5) is 0 Å². The molecule has 90 valence electrons. The minimum absolute atomic E-state index is 0.318. The standard InChI is InChI=1S/C16H26/c1-14-8-5-6-12-16(3,4)13-11-15(2)10-7-9-14/h6,9,11-12H,5,7-8,10,13H2,1-4H3/b12-6+,14-9+,15-11+. The number of rotatable bonds is 0. The summed E-state index contributed by atoms with van der Waals surface area (Å²) in [5.74, 6) is 0. The van der Waals surface area contributed by atoms with E-state index in [-0.39, 0.29) is 0 Å². The third kappa shape index (κ3) is 5.34. The second kappa shape index (κ2) is 6.08. The Morgan fingerprint density at radius 3 is 2.31 bits per heavy atom. The maximum atomic E-state index is 2.41. The van der Waals surface area contributed by atoms with Crippen LogP contribution in [0, 0.1) is 5.41 Å². The van der Waals surface area contributed by atoms with Gasteiger partial charge in [0.15, 0.2) is 0 Å². The Morgan fingerprint density at radius 1 is 0.938 bits per heavy atom. The lowest BCUT2D eigenvalue weighted by Crippen LogP contribution is -2.05. The highest BCUT2D eigenvalue weighted by atomic mass is 14.2. The van der Waals surface area contributed by atoms with Crippen molar-refractivity contribution in [1.82, 2.24) is 0 Å². The molecule has 0 bridgehead atoms. The van der Waals surface area contributed by atoms with Gasteiger partial charge in [-0.15, -0.1) is 0 Å². The SMILES string of the molecule is C/C1=C\CC/C(C)=C/CC(C)(C)/C=C/CC1. The average molecular weight is 218 g/mol. The fraction of sp³-hybridized carbons (Fsp3) is 0.625. The lowest BCUT2D eigenvalue weighted by Gasteiger charge is -2.19. The minimum atomic E-state index is 0.318. The van der Waals surface area contributed by atoms with Crippen molar-refractivity contribution in [3.05, 3.63) is 35.5 Å². The number of hydrogen-bond acceptors (Lipinski definition) is 0. The molecule has 0 amide bonds. The molecule has 0 saturated heterocycles. The second-order valence-electron chi connectivity index (χ2n) is 5.77. The third-order valence-electron chi connectivity index (χ3n) is 3.28. The van der Waals surface area contributed by atoms with Crippen molar-refractivity contribution in [3.8, 4) is 0 Å². The van der Waals surface area contributed by atoms with E-state index in [9.17, 15) is 0 Å². The molecule has 1 rings (SSSR count). The van der Waals surface area contributed by atoms with Crippen molar-refractivity contribution < 1.29 is 0 Å². The Morgan fingerprint density at radius 2 is 1.56 bits per heavy atom. The Kier molecular flexibility index (Phi) is 5.05. The van der Waals surface area contributed by atoms with E-state index in [1.165, 1.54) is 36.8 Å². The quantitative estimate of drug-likeness (QED) is 0.476. The normalized spacial score (nSPS) is 31.2. The number of hydrogen-bond donors (Lipinski definition) is 0. The summed E-state index contributed by atoms with van der Waals surface area (Å²) >= 11 is 0. The lowest BCUT2D eigenvalue weighted by molar-refractivity contribution is 0.485. The van der Waals surface area contributed by atoms with Crippen LogP contribution in [0.15, 0.2) is 35.5 Å². The molecular weight excluding hydrogens is 192 g/mol. The first kappa shape index (κ1) is 13.3. The minimum Gasteiger partial charge on any atom is -0.0877 e. The van der Waals surface area contributed by atoms with E-state index < -0.39 is 0 Å². The third-order valence-corrected chi connectivity index (χ3v) is 3.28. The summed E-state index contributed by atoms with van der Waals surface area (Å²) in [6, 6.07) is 0. The van der Waals surface area contributed by atoms with Crippen LogP contribution in [0.2, 0.25) is 0 Å². The molecule has 0 aromatic heterocycles. The van der Waals surface area contributed by atoms with Crippen molar-refractivity contribution in [2.45, 2.75) is 59.8 Å². The van der Waals surface area contributed by atoms with Crippen LogP contribution < -0.4 is 0 Å². The molecule has 0 spiro atoms. The van der Waals surface area contributed by atoms with Crippen molar-refractivity contribution >= 4 is 0 Å². The fourth-order valence-corrected chi connectivity index (χ4v) is 1.97. The largest absolute Gasteiger partial charge is 0.0877 e. The van der Waals surface area contributed by atoms with Gasteiger partial charge >= 0.3 is 0 Å². The lowest BCUT2D eigenvalue weighted by atomic mass is 9.87. The van der Waals surface area contributed by atoms with Gasteiger partial charge in [-0.2, -0.15) is 0 Å². The van der Waals surface area contributed by atoms with Gasteiger partial charge in [0.25, 0.3) is 0 Å².